The first-order valence-corrected chi connectivity index (χ1v) is 7.78. The normalized spacial score (nSPS) is 27.2. The molecular formula is C15H28N2O2. The molecule has 0 aromatic heterocycles. The highest BCUT2D eigenvalue weighted by atomic mass is 16.5. The van der Waals surface area contributed by atoms with Crippen LogP contribution in [0.25, 0.3) is 0 Å². The molecule has 1 aliphatic heterocycles. The van der Waals surface area contributed by atoms with E-state index in [2.05, 4.69) is 17.1 Å². The highest BCUT2D eigenvalue weighted by molar-refractivity contribution is 5.82. The number of likely N-dealkylation sites (tertiary alicyclic amines) is 1. The third kappa shape index (κ3) is 2.95. The average Bonchev–Trinajstić information content (AvgIpc) is 3.17. The second-order valence-electron chi connectivity index (χ2n) is 5.89. The summed E-state index contributed by atoms with van der Waals surface area (Å²) in [4.78, 5) is 14.9. The summed E-state index contributed by atoms with van der Waals surface area (Å²) in [5.41, 5.74) is -0.478. The van der Waals surface area contributed by atoms with Gasteiger partial charge in [0.2, 0.25) is 0 Å². The van der Waals surface area contributed by atoms with Gasteiger partial charge in [-0.2, -0.15) is 0 Å². The summed E-state index contributed by atoms with van der Waals surface area (Å²) in [7, 11) is 1.91. The van der Waals surface area contributed by atoms with Crippen molar-refractivity contribution in [2.45, 2.75) is 57.5 Å². The molecule has 2 atom stereocenters. The van der Waals surface area contributed by atoms with Gasteiger partial charge in [0.05, 0.1) is 6.61 Å². The predicted molar refractivity (Wildman–Crippen MR) is 76.0 cm³/mol. The van der Waals surface area contributed by atoms with Crippen molar-refractivity contribution >= 4 is 5.97 Å². The van der Waals surface area contributed by atoms with E-state index >= 15 is 0 Å². The van der Waals surface area contributed by atoms with Crippen molar-refractivity contribution in [3.05, 3.63) is 0 Å². The van der Waals surface area contributed by atoms with Gasteiger partial charge in [-0.15, -0.1) is 0 Å². The van der Waals surface area contributed by atoms with E-state index in [0.717, 1.165) is 25.9 Å². The van der Waals surface area contributed by atoms with Crippen molar-refractivity contribution in [2.75, 3.05) is 26.7 Å². The molecule has 0 bridgehead atoms. The van der Waals surface area contributed by atoms with Crippen LogP contribution in [0.1, 0.15) is 46.0 Å². The molecule has 19 heavy (non-hydrogen) atoms. The fraction of sp³-hybridized carbons (Fsp3) is 0.933. The van der Waals surface area contributed by atoms with Gasteiger partial charge in [-0.25, -0.2) is 4.79 Å². The molecule has 2 rings (SSSR count). The van der Waals surface area contributed by atoms with E-state index in [0.29, 0.717) is 18.6 Å². The van der Waals surface area contributed by atoms with E-state index in [1.807, 2.05) is 14.0 Å². The number of ether oxygens (including phenoxy) is 1. The van der Waals surface area contributed by atoms with E-state index in [9.17, 15) is 4.79 Å². The van der Waals surface area contributed by atoms with Gasteiger partial charge in [0.25, 0.3) is 0 Å². The Morgan fingerprint density at radius 2 is 2.11 bits per heavy atom. The van der Waals surface area contributed by atoms with Gasteiger partial charge in [-0.3, -0.25) is 4.90 Å². The van der Waals surface area contributed by atoms with Crippen LogP contribution in [-0.4, -0.2) is 49.2 Å². The number of hydrogen-bond acceptors (Lipinski definition) is 4. The maximum absolute atomic E-state index is 12.4. The van der Waals surface area contributed by atoms with Gasteiger partial charge in [-0.1, -0.05) is 6.92 Å². The molecule has 0 spiro atoms. The Labute approximate surface area is 116 Å². The molecule has 1 saturated heterocycles. The SMILES string of the molecule is CCOC(=O)C(CN1CCCC1CC)(NC)C1CC1. The van der Waals surface area contributed by atoms with Gasteiger partial charge in [-0.05, 0) is 58.5 Å². The van der Waals surface area contributed by atoms with Crippen LogP contribution in [0.2, 0.25) is 0 Å². The Morgan fingerprint density at radius 1 is 1.37 bits per heavy atom. The zero-order valence-corrected chi connectivity index (χ0v) is 12.6. The van der Waals surface area contributed by atoms with Crippen LogP contribution < -0.4 is 5.32 Å². The molecule has 2 unspecified atom stereocenters. The van der Waals surface area contributed by atoms with Crippen LogP contribution in [-0.2, 0) is 9.53 Å². The van der Waals surface area contributed by atoms with Crippen molar-refractivity contribution in [1.82, 2.24) is 10.2 Å². The van der Waals surface area contributed by atoms with Gasteiger partial charge < -0.3 is 10.1 Å². The molecule has 4 heteroatoms. The molecule has 0 aromatic carbocycles. The van der Waals surface area contributed by atoms with Gasteiger partial charge in [0.1, 0.15) is 5.54 Å². The molecule has 0 amide bonds. The summed E-state index contributed by atoms with van der Waals surface area (Å²) in [5.74, 6) is 0.399. The Kier molecular flexibility index (Phi) is 4.85. The van der Waals surface area contributed by atoms with E-state index in [-0.39, 0.29) is 5.97 Å². The number of carbonyl (C=O) groups excluding carboxylic acids is 1. The minimum absolute atomic E-state index is 0.0539. The van der Waals surface area contributed by atoms with Gasteiger partial charge >= 0.3 is 5.97 Å². The van der Waals surface area contributed by atoms with Gasteiger partial charge in [0, 0.05) is 12.6 Å². The zero-order valence-electron chi connectivity index (χ0n) is 12.6. The predicted octanol–water partition coefficient (Wildman–Crippen LogP) is 1.79. The van der Waals surface area contributed by atoms with Crippen LogP contribution >= 0.6 is 0 Å². The summed E-state index contributed by atoms with van der Waals surface area (Å²) < 4.78 is 5.35. The summed E-state index contributed by atoms with van der Waals surface area (Å²) in [6.45, 7) is 6.52. The lowest BCUT2D eigenvalue weighted by Crippen LogP contribution is -2.60. The first-order valence-electron chi connectivity index (χ1n) is 7.78. The van der Waals surface area contributed by atoms with E-state index < -0.39 is 5.54 Å². The molecule has 1 saturated carbocycles. The number of nitrogens with zero attached hydrogens (tertiary/aromatic N) is 1. The molecule has 110 valence electrons. The molecule has 2 fully saturated rings. The number of esters is 1. The van der Waals surface area contributed by atoms with Crippen LogP contribution in [0.15, 0.2) is 0 Å². The molecule has 0 aromatic rings. The standard InChI is InChI=1S/C15H28N2O2/c1-4-13-7-6-10-17(13)11-15(16-3,12-8-9-12)14(18)19-5-2/h12-13,16H,4-11H2,1-3H3. The molecule has 0 radical (unpaired) electrons. The third-order valence-corrected chi connectivity index (χ3v) is 4.78. The number of carbonyl (C=O) groups is 1. The van der Waals surface area contributed by atoms with Crippen LogP contribution in [0.5, 0.6) is 0 Å². The van der Waals surface area contributed by atoms with Crippen LogP contribution in [0.4, 0.5) is 0 Å². The lowest BCUT2D eigenvalue weighted by atomic mass is 9.92. The maximum atomic E-state index is 12.4. The molecule has 4 nitrogen and oxygen atoms in total. The highest BCUT2D eigenvalue weighted by Crippen LogP contribution is 2.41. The topological polar surface area (TPSA) is 41.6 Å². The third-order valence-electron chi connectivity index (χ3n) is 4.78. The van der Waals surface area contributed by atoms with Crippen LogP contribution in [0.3, 0.4) is 0 Å². The summed E-state index contributed by atoms with van der Waals surface area (Å²) in [6.07, 6.45) is 5.98. The summed E-state index contributed by atoms with van der Waals surface area (Å²) in [5, 5.41) is 3.32. The van der Waals surface area contributed by atoms with E-state index in [1.54, 1.807) is 0 Å². The monoisotopic (exact) mass is 268 g/mol. The second kappa shape index (κ2) is 6.23. The number of likely N-dealkylation sites (N-methyl/N-ethyl adjacent to an activating group) is 1. The van der Waals surface area contributed by atoms with Crippen molar-refractivity contribution in [2.24, 2.45) is 5.92 Å². The summed E-state index contributed by atoms with van der Waals surface area (Å²) in [6, 6.07) is 0.640. The highest BCUT2D eigenvalue weighted by Gasteiger charge is 2.52. The number of nitrogens with one attached hydrogen (secondary N) is 1. The quantitative estimate of drug-likeness (QED) is 0.715. The largest absolute Gasteiger partial charge is 0.465 e. The first-order chi connectivity index (χ1) is 9.17. The van der Waals surface area contributed by atoms with E-state index in [4.69, 9.17) is 4.74 Å². The fourth-order valence-corrected chi connectivity index (χ4v) is 3.47. The Morgan fingerprint density at radius 3 is 2.63 bits per heavy atom. The van der Waals surface area contributed by atoms with Gasteiger partial charge in [0.15, 0.2) is 0 Å². The molecule has 1 N–H and O–H groups in total. The molecule has 2 aliphatic rings. The smallest absolute Gasteiger partial charge is 0.327 e. The van der Waals surface area contributed by atoms with Crippen LogP contribution in [0, 0.1) is 5.92 Å². The fourth-order valence-electron chi connectivity index (χ4n) is 3.47. The lowest BCUT2D eigenvalue weighted by Gasteiger charge is -2.37. The van der Waals surface area contributed by atoms with Crippen molar-refractivity contribution in [3.8, 4) is 0 Å². The Balaban J connectivity index is 2.11. The zero-order chi connectivity index (χ0) is 13.9. The van der Waals surface area contributed by atoms with Crippen molar-refractivity contribution < 1.29 is 9.53 Å². The second-order valence-corrected chi connectivity index (χ2v) is 5.89. The molecule has 1 aliphatic carbocycles. The maximum Gasteiger partial charge on any atom is 0.327 e. The Hall–Kier alpha value is -0.610. The number of rotatable bonds is 7. The minimum Gasteiger partial charge on any atom is -0.465 e. The molecule has 1 heterocycles. The van der Waals surface area contributed by atoms with Crippen molar-refractivity contribution in [3.63, 3.8) is 0 Å². The Bertz CT molecular complexity index is 317. The first kappa shape index (κ1) is 14.8. The van der Waals surface area contributed by atoms with Crippen molar-refractivity contribution in [1.29, 1.82) is 0 Å². The summed E-state index contributed by atoms with van der Waals surface area (Å²) >= 11 is 0. The lowest BCUT2D eigenvalue weighted by molar-refractivity contribution is -0.153. The molecular weight excluding hydrogens is 240 g/mol. The minimum atomic E-state index is -0.478. The average molecular weight is 268 g/mol. The number of hydrogen-bond donors (Lipinski definition) is 1. The van der Waals surface area contributed by atoms with E-state index in [1.165, 1.54) is 19.3 Å².